The fraction of sp³-hybridized carbons (Fsp3) is 0.714. The van der Waals surface area contributed by atoms with E-state index < -0.39 is 24.2 Å². The average molecular weight is 343 g/mol. The summed E-state index contributed by atoms with van der Waals surface area (Å²) in [5.41, 5.74) is 0.296. The SMILES string of the molecule is CNCc1cn([C@@H]2O[C@H](CO)[C@@H]3OC(C)(C)OC32)c(=S)[nH]c1=O. The number of ether oxygens (including phenoxy) is 3. The molecule has 1 aromatic heterocycles. The fourth-order valence-corrected chi connectivity index (χ4v) is 3.31. The summed E-state index contributed by atoms with van der Waals surface area (Å²) in [6.45, 7) is 3.85. The molecule has 9 heteroatoms. The number of aliphatic hydroxyl groups is 1. The summed E-state index contributed by atoms with van der Waals surface area (Å²) in [4.78, 5) is 14.6. The van der Waals surface area contributed by atoms with Gasteiger partial charge in [-0.3, -0.25) is 14.3 Å². The maximum atomic E-state index is 11.9. The molecule has 0 aliphatic carbocycles. The number of aromatic nitrogens is 2. The molecular formula is C14H21N3O5S. The van der Waals surface area contributed by atoms with Gasteiger partial charge in [0, 0.05) is 18.3 Å². The summed E-state index contributed by atoms with van der Waals surface area (Å²) in [7, 11) is 1.76. The first-order chi connectivity index (χ1) is 10.9. The minimum atomic E-state index is -0.761. The Labute approximate surface area is 138 Å². The Morgan fingerprint density at radius 2 is 2.13 bits per heavy atom. The van der Waals surface area contributed by atoms with Crippen LogP contribution in [0.5, 0.6) is 0 Å². The first-order valence-corrected chi connectivity index (χ1v) is 7.88. The van der Waals surface area contributed by atoms with Crippen molar-refractivity contribution in [3.8, 4) is 0 Å². The summed E-state index contributed by atoms with van der Waals surface area (Å²) in [6, 6.07) is 0. The second-order valence-corrected chi connectivity index (χ2v) is 6.55. The summed E-state index contributed by atoms with van der Waals surface area (Å²) < 4.78 is 19.5. The van der Waals surface area contributed by atoms with Crippen LogP contribution in [-0.2, 0) is 20.8 Å². The number of H-pyrrole nitrogens is 1. The van der Waals surface area contributed by atoms with E-state index in [4.69, 9.17) is 26.4 Å². The number of hydrogen-bond acceptors (Lipinski definition) is 7. The average Bonchev–Trinajstić information content (AvgIpc) is 2.95. The zero-order chi connectivity index (χ0) is 16.8. The zero-order valence-corrected chi connectivity index (χ0v) is 14.1. The third kappa shape index (κ3) is 3.00. The Balaban J connectivity index is 2.00. The molecule has 3 rings (SSSR count). The minimum absolute atomic E-state index is 0.183. The fourth-order valence-electron chi connectivity index (χ4n) is 3.06. The molecule has 2 fully saturated rings. The molecule has 2 saturated heterocycles. The van der Waals surface area contributed by atoms with Gasteiger partial charge in [-0.2, -0.15) is 0 Å². The quantitative estimate of drug-likeness (QED) is 0.664. The van der Waals surface area contributed by atoms with Gasteiger partial charge in [-0.1, -0.05) is 0 Å². The highest BCUT2D eigenvalue weighted by Gasteiger charge is 2.55. The largest absolute Gasteiger partial charge is 0.394 e. The summed E-state index contributed by atoms with van der Waals surface area (Å²) in [6.07, 6.45) is -0.218. The molecule has 8 nitrogen and oxygen atoms in total. The molecule has 0 spiro atoms. The van der Waals surface area contributed by atoms with Gasteiger partial charge in [0.2, 0.25) is 0 Å². The van der Waals surface area contributed by atoms with E-state index in [-0.39, 0.29) is 23.0 Å². The highest BCUT2D eigenvalue weighted by Crippen LogP contribution is 2.42. The molecule has 0 aromatic carbocycles. The molecule has 3 N–H and O–H groups in total. The maximum absolute atomic E-state index is 11.9. The van der Waals surface area contributed by atoms with Crippen LogP contribution in [0.1, 0.15) is 25.6 Å². The molecule has 1 aromatic rings. The lowest BCUT2D eigenvalue weighted by Gasteiger charge is -2.25. The van der Waals surface area contributed by atoms with Crippen molar-refractivity contribution < 1.29 is 19.3 Å². The van der Waals surface area contributed by atoms with Gasteiger partial charge >= 0.3 is 0 Å². The van der Waals surface area contributed by atoms with Crippen LogP contribution in [0.3, 0.4) is 0 Å². The molecule has 4 atom stereocenters. The Hall–Kier alpha value is -1.10. The van der Waals surface area contributed by atoms with Crippen LogP contribution in [-0.4, -0.2) is 52.4 Å². The number of nitrogens with one attached hydrogen (secondary N) is 2. The van der Waals surface area contributed by atoms with Crippen LogP contribution in [0, 0.1) is 4.77 Å². The van der Waals surface area contributed by atoms with Crippen LogP contribution in [0.2, 0.25) is 0 Å². The van der Waals surface area contributed by atoms with Crippen LogP contribution >= 0.6 is 12.2 Å². The molecular weight excluding hydrogens is 322 g/mol. The van der Waals surface area contributed by atoms with Crippen molar-refractivity contribution in [2.24, 2.45) is 0 Å². The van der Waals surface area contributed by atoms with Gasteiger partial charge in [-0.05, 0) is 33.1 Å². The minimum Gasteiger partial charge on any atom is -0.394 e. The van der Waals surface area contributed by atoms with E-state index in [0.29, 0.717) is 12.1 Å². The van der Waals surface area contributed by atoms with Gasteiger partial charge < -0.3 is 24.6 Å². The molecule has 23 heavy (non-hydrogen) atoms. The highest BCUT2D eigenvalue weighted by atomic mass is 32.1. The zero-order valence-electron chi connectivity index (χ0n) is 13.2. The van der Waals surface area contributed by atoms with Crippen molar-refractivity contribution in [2.45, 2.75) is 50.7 Å². The second kappa shape index (κ2) is 6.08. The van der Waals surface area contributed by atoms with Crippen LogP contribution in [0.15, 0.2) is 11.0 Å². The van der Waals surface area contributed by atoms with E-state index in [1.165, 1.54) is 0 Å². The number of aromatic amines is 1. The Morgan fingerprint density at radius 3 is 2.78 bits per heavy atom. The number of aliphatic hydroxyl groups excluding tert-OH is 1. The lowest BCUT2D eigenvalue weighted by molar-refractivity contribution is -0.200. The lowest BCUT2D eigenvalue weighted by atomic mass is 10.1. The molecule has 0 radical (unpaired) electrons. The third-order valence-electron chi connectivity index (χ3n) is 3.99. The van der Waals surface area contributed by atoms with Crippen molar-refractivity contribution in [3.05, 3.63) is 26.9 Å². The van der Waals surface area contributed by atoms with E-state index in [1.54, 1.807) is 17.8 Å². The molecule has 2 aliphatic rings. The Kier molecular flexibility index (Phi) is 4.43. The van der Waals surface area contributed by atoms with E-state index in [9.17, 15) is 9.90 Å². The van der Waals surface area contributed by atoms with Crippen molar-refractivity contribution in [3.63, 3.8) is 0 Å². The van der Waals surface area contributed by atoms with Gasteiger partial charge in [0.15, 0.2) is 16.8 Å². The number of fused-ring (bicyclic) bond motifs is 1. The van der Waals surface area contributed by atoms with Gasteiger partial charge in [0.05, 0.1) is 6.61 Å². The third-order valence-corrected chi connectivity index (χ3v) is 4.30. The number of nitrogens with zero attached hydrogens (tertiary/aromatic N) is 1. The molecule has 0 bridgehead atoms. The van der Waals surface area contributed by atoms with Crippen LogP contribution < -0.4 is 10.9 Å². The van der Waals surface area contributed by atoms with Crippen molar-refractivity contribution in [1.29, 1.82) is 0 Å². The van der Waals surface area contributed by atoms with Crippen LogP contribution in [0.25, 0.3) is 0 Å². The summed E-state index contributed by atoms with van der Waals surface area (Å²) in [5.74, 6) is -0.761. The number of hydrogen-bond donors (Lipinski definition) is 3. The monoisotopic (exact) mass is 343 g/mol. The first-order valence-electron chi connectivity index (χ1n) is 7.47. The van der Waals surface area contributed by atoms with Crippen molar-refractivity contribution in [2.75, 3.05) is 13.7 Å². The highest BCUT2D eigenvalue weighted by molar-refractivity contribution is 7.71. The first kappa shape index (κ1) is 16.7. The molecule has 2 aliphatic heterocycles. The van der Waals surface area contributed by atoms with Gasteiger partial charge in [0.25, 0.3) is 5.56 Å². The maximum Gasteiger partial charge on any atom is 0.256 e. The van der Waals surface area contributed by atoms with Gasteiger partial charge in [0.1, 0.15) is 18.3 Å². The topological polar surface area (TPSA) is 97.7 Å². The standard InChI is InChI=1S/C14H21N3O5S/c1-14(2)21-9-8(6-18)20-12(10(9)22-14)17-5-7(4-15-3)11(19)16-13(17)23/h5,8-10,12,15,18H,4,6H2,1-3H3,(H,16,19,23)/t8-,9+,10?,12-/m1/s1. The normalized spacial score (nSPS) is 32.2. The lowest BCUT2D eigenvalue weighted by Crippen LogP contribution is -2.31. The molecule has 0 amide bonds. The van der Waals surface area contributed by atoms with Crippen molar-refractivity contribution >= 4 is 12.2 Å². The summed E-state index contributed by atoms with van der Waals surface area (Å²) in [5, 5.41) is 12.5. The van der Waals surface area contributed by atoms with Crippen molar-refractivity contribution in [1.82, 2.24) is 14.9 Å². The van der Waals surface area contributed by atoms with Gasteiger partial charge in [-0.25, -0.2) is 0 Å². The predicted molar refractivity (Wildman–Crippen MR) is 83.5 cm³/mol. The number of rotatable bonds is 4. The van der Waals surface area contributed by atoms with E-state index >= 15 is 0 Å². The second-order valence-electron chi connectivity index (χ2n) is 6.16. The van der Waals surface area contributed by atoms with E-state index in [2.05, 4.69) is 10.3 Å². The van der Waals surface area contributed by atoms with E-state index in [1.807, 2.05) is 13.8 Å². The van der Waals surface area contributed by atoms with E-state index in [0.717, 1.165) is 0 Å². The molecule has 3 heterocycles. The van der Waals surface area contributed by atoms with Crippen LogP contribution in [0.4, 0.5) is 0 Å². The molecule has 128 valence electrons. The predicted octanol–water partition coefficient (Wildman–Crippen LogP) is 0.0351. The summed E-state index contributed by atoms with van der Waals surface area (Å²) >= 11 is 5.26. The Bertz CT molecular complexity index is 700. The van der Waals surface area contributed by atoms with Gasteiger partial charge in [-0.15, -0.1) is 0 Å². The molecule has 1 unspecified atom stereocenters. The Morgan fingerprint density at radius 1 is 1.43 bits per heavy atom. The molecule has 0 saturated carbocycles. The smallest absolute Gasteiger partial charge is 0.256 e.